The third-order valence-electron chi connectivity index (χ3n) is 1.70. The highest BCUT2D eigenvalue weighted by atomic mass is 35.5. The summed E-state index contributed by atoms with van der Waals surface area (Å²) in [5.74, 6) is 1.43. The largest absolute Gasteiger partial charge is 0.396 e. The Morgan fingerprint density at radius 1 is 1.30 bits per heavy atom. The third-order valence-corrected chi connectivity index (χ3v) is 1.97. The van der Waals surface area contributed by atoms with Crippen LogP contribution in [0.25, 0.3) is 0 Å². The quantitative estimate of drug-likeness (QED) is 0.472. The first-order chi connectivity index (χ1) is 4.81. The van der Waals surface area contributed by atoms with Gasteiger partial charge in [-0.15, -0.1) is 11.6 Å². The zero-order chi connectivity index (χ0) is 7.82. The Labute approximate surface area is 68.4 Å². The summed E-state index contributed by atoms with van der Waals surface area (Å²) < 4.78 is 0. The van der Waals surface area contributed by atoms with Crippen LogP contribution in [0.2, 0.25) is 0 Å². The molecule has 0 radical (unpaired) electrons. The molecule has 0 amide bonds. The minimum Gasteiger partial charge on any atom is -0.396 e. The van der Waals surface area contributed by atoms with Crippen LogP contribution in [0.5, 0.6) is 0 Å². The third kappa shape index (κ3) is 6.37. The first-order valence-corrected chi connectivity index (χ1v) is 4.51. The number of rotatable bonds is 6. The zero-order valence-electron chi connectivity index (χ0n) is 6.65. The van der Waals surface area contributed by atoms with E-state index in [1.54, 1.807) is 0 Å². The van der Waals surface area contributed by atoms with Crippen molar-refractivity contribution >= 4 is 11.6 Å². The lowest BCUT2D eigenvalue weighted by atomic mass is 10.0. The summed E-state index contributed by atoms with van der Waals surface area (Å²) in [7, 11) is 0. The first kappa shape index (κ1) is 10.2. The molecule has 2 heteroatoms. The smallest absolute Gasteiger partial charge is 0.0433 e. The van der Waals surface area contributed by atoms with Gasteiger partial charge in [0.15, 0.2) is 0 Å². The van der Waals surface area contributed by atoms with Crippen LogP contribution in [0, 0.1) is 5.92 Å². The van der Waals surface area contributed by atoms with Gasteiger partial charge < -0.3 is 5.11 Å². The topological polar surface area (TPSA) is 20.2 Å². The predicted octanol–water partition coefficient (Wildman–Crippen LogP) is 2.41. The number of halogens is 1. The minimum absolute atomic E-state index is 0.321. The minimum atomic E-state index is 0.321. The average Bonchev–Trinajstić information content (AvgIpc) is 1.89. The highest BCUT2D eigenvalue weighted by molar-refractivity contribution is 6.17. The summed E-state index contributed by atoms with van der Waals surface area (Å²) in [6.07, 6.45) is 4.44. The van der Waals surface area contributed by atoms with E-state index in [1.165, 1.54) is 12.8 Å². The van der Waals surface area contributed by atoms with Crippen LogP contribution < -0.4 is 0 Å². The molecule has 0 saturated carbocycles. The maximum Gasteiger partial charge on any atom is 0.0433 e. The maximum atomic E-state index is 8.57. The molecule has 10 heavy (non-hydrogen) atoms. The van der Waals surface area contributed by atoms with Crippen molar-refractivity contribution in [3.8, 4) is 0 Å². The van der Waals surface area contributed by atoms with Crippen molar-refractivity contribution < 1.29 is 5.11 Å². The molecule has 0 aliphatic carbocycles. The molecular weight excluding hydrogens is 148 g/mol. The Morgan fingerprint density at radius 2 is 2.00 bits per heavy atom. The number of aliphatic hydroxyl groups excluding tert-OH is 1. The van der Waals surface area contributed by atoms with E-state index in [2.05, 4.69) is 6.92 Å². The number of hydrogen-bond donors (Lipinski definition) is 1. The lowest BCUT2D eigenvalue weighted by Gasteiger charge is -2.07. The molecule has 1 nitrogen and oxygen atoms in total. The van der Waals surface area contributed by atoms with Crippen molar-refractivity contribution in [2.45, 2.75) is 32.6 Å². The van der Waals surface area contributed by atoms with Gasteiger partial charge in [-0.3, -0.25) is 0 Å². The normalized spacial score (nSPS) is 13.5. The highest BCUT2D eigenvalue weighted by Crippen LogP contribution is 2.11. The van der Waals surface area contributed by atoms with E-state index in [-0.39, 0.29) is 0 Å². The fraction of sp³-hybridized carbons (Fsp3) is 1.00. The van der Waals surface area contributed by atoms with Gasteiger partial charge in [-0.1, -0.05) is 19.8 Å². The SMILES string of the molecule is C[C@@H](CCO)CCCCCl. The molecule has 1 N–H and O–H groups in total. The van der Waals surface area contributed by atoms with Crippen molar-refractivity contribution in [1.82, 2.24) is 0 Å². The summed E-state index contributed by atoms with van der Waals surface area (Å²) in [5, 5.41) is 8.57. The van der Waals surface area contributed by atoms with Gasteiger partial charge >= 0.3 is 0 Å². The van der Waals surface area contributed by atoms with E-state index in [9.17, 15) is 0 Å². The lowest BCUT2D eigenvalue weighted by Crippen LogP contribution is -1.97. The first-order valence-electron chi connectivity index (χ1n) is 3.98. The van der Waals surface area contributed by atoms with E-state index in [0.717, 1.165) is 18.7 Å². The Morgan fingerprint density at radius 3 is 2.50 bits per heavy atom. The monoisotopic (exact) mass is 164 g/mol. The van der Waals surface area contributed by atoms with Crippen LogP contribution in [-0.2, 0) is 0 Å². The van der Waals surface area contributed by atoms with Gasteiger partial charge in [0, 0.05) is 12.5 Å². The molecule has 0 aromatic rings. The summed E-state index contributed by atoms with van der Waals surface area (Å²) in [6.45, 7) is 2.49. The van der Waals surface area contributed by atoms with Crippen LogP contribution in [0.1, 0.15) is 32.6 Å². The van der Waals surface area contributed by atoms with E-state index in [1.807, 2.05) is 0 Å². The second-order valence-corrected chi connectivity index (χ2v) is 3.18. The maximum absolute atomic E-state index is 8.57. The number of alkyl halides is 1. The van der Waals surface area contributed by atoms with Crippen LogP contribution in [0.4, 0.5) is 0 Å². The van der Waals surface area contributed by atoms with Gasteiger partial charge in [-0.2, -0.15) is 0 Å². The van der Waals surface area contributed by atoms with Crippen LogP contribution in [0.15, 0.2) is 0 Å². The molecule has 62 valence electrons. The number of unbranched alkanes of at least 4 members (excludes halogenated alkanes) is 1. The highest BCUT2D eigenvalue weighted by Gasteiger charge is 1.99. The van der Waals surface area contributed by atoms with Crippen molar-refractivity contribution in [2.24, 2.45) is 5.92 Å². The van der Waals surface area contributed by atoms with Crippen LogP contribution in [-0.4, -0.2) is 17.6 Å². The number of aliphatic hydroxyl groups is 1. The van der Waals surface area contributed by atoms with Gasteiger partial charge in [0.25, 0.3) is 0 Å². The predicted molar refractivity (Wildman–Crippen MR) is 45.4 cm³/mol. The molecular formula is C8H17ClO. The lowest BCUT2D eigenvalue weighted by molar-refractivity contribution is 0.257. The van der Waals surface area contributed by atoms with Crippen LogP contribution >= 0.6 is 11.6 Å². The van der Waals surface area contributed by atoms with Gasteiger partial charge in [0.05, 0.1) is 0 Å². The van der Waals surface area contributed by atoms with Crippen molar-refractivity contribution in [2.75, 3.05) is 12.5 Å². The molecule has 0 aliphatic rings. The van der Waals surface area contributed by atoms with E-state index in [0.29, 0.717) is 12.5 Å². The van der Waals surface area contributed by atoms with Crippen molar-refractivity contribution in [1.29, 1.82) is 0 Å². The van der Waals surface area contributed by atoms with Gasteiger partial charge in [-0.25, -0.2) is 0 Å². The standard InChI is InChI=1S/C8H17ClO/c1-8(5-7-10)4-2-3-6-9/h8,10H,2-7H2,1H3/t8-/m1/s1. The molecule has 0 rings (SSSR count). The summed E-state index contributed by atoms with van der Waals surface area (Å²) >= 11 is 5.51. The van der Waals surface area contributed by atoms with Crippen LogP contribution in [0.3, 0.4) is 0 Å². The molecule has 0 fully saturated rings. The molecule has 1 atom stereocenters. The fourth-order valence-electron chi connectivity index (χ4n) is 0.952. The van der Waals surface area contributed by atoms with E-state index in [4.69, 9.17) is 16.7 Å². The summed E-state index contributed by atoms with van der Waals surface area (Å²) in [4.78, 5) is 0. The second kappa shape index (κ2) is 7.36. The van der Waals surface area contributed by atoms with E-state index < -0.39 is 0 Å². The molecule has 0 unspecified atom stereocenters. The summed E-state index contributed by atoms with van der Waals surface area (Å²) in [5.41, 5.74) is 0. The van der Waals surface area contributed by atoms with Gasteiger partial charge in [-0.05, 0) is 18.8 Å². The molecule has 0 aromatic heterocycles. The van der Waals surface area contributed by atoms with Crippen molar-refractivity contribution in [3.05, 3.63) is 0 Å². The van der Waals surface area contributed by atoms with E-state index >= 15 is 0 Å². The molecule has 0 aliphatic heterocycles. The fourth-order valence-corrected chi connectivity index (χ4v) is 1.14. The zero-order valence-corrected chi connectivity index (χ0v) is 7.40. The summed E-state index contributed by atoms with van der Waals surface area (Å²) in [6, 6.07) is 0. The Kier molecular flexibility index (Phi) is 7.54. The molecule has 0 spiro atoms. The van der Waals surface area contributed by atoms with Gasteiger partial charge in [0.2, 0.25) is 0 Å². The Bertz CT molecular complexity index is 66.3. The number of hydrogen-bond acceptors (Lipinski definition) is 1. The second-order valence-electron chi connectivity index (χ2n) is 2.80. The molecule has 0 saturated heterocycles. The molecule has 0 bridgehead atoms. The Hall–Kier alpha value is 0.250. The van der Waals surface area contributed by atoms with Gasteiger partial charge in [0.1, 0.15) is 0 Å². The molecule has 0 heterocycles. The molecule has 0 aromatic carbocycles. The van der Waals surface area contributed by atoms with Crippen molar-refractivity contribution in [3.63, 3.8) is 0 Å². The Balaban J connectivity index is 2.97. The average molecular weight is 165 g/mol.